The number of amides is 1. The Bertz CT molecular complexity index is 223. The molecule has 3 heterocycles. The minimum Gasteiger partial charge on any atom is -0.368 e. The molecule has 4 rings (SSSR count). The summed E-state index contributed by atoms with van der Waals surface area (Å²) >= 11 is 0. The molecule has 3 nitrogen and oxygen atoms in total. The molecule has 0 radical (unpaired) electrons. The van der Waals surface area contributed by atoms with Crippen LogP contribution in [0.15, 0.2) is 0 Å². The van der Waals surface area contributed by atoms with Crippen LogP contribution in [-0.2, 0) is 4.79 Å². The number of nitrogens with two attached hydrogens (primary N) is 1. The average Bonchev–Trinajstić information content (AvgIpc) is 2.00. The summed E-state index contributed by atoms with van der Waals surface area (Å²) in [6, 6.07) is 0.0767. The fourth-order valence-corrected chi connectivity index (χ4v) is 3.85. The van der Waals surface area contributed by atoms with E-state index in [9.17, 15) is 4.79 Å². The highest BCUT2D eigenvalue weighted by Crippen LogP contribution is 2.46. The molecular formula is C10H16N2O. The van der Waals surface area contributed by atoms with Gasteiger partial charge in [-0.15, -0.1) is 0 Å². The second kappa shape index (κ2) is 2.47. The zero-order valence-corrected chi connectivity index (χ0v) is 7.78. The summed E-state index contributed by atoms with van der Waals surface area (Å²) < 4.78 is 0. The van der Waals surface area contributed by atoms with Crippen molar-refractivity contribution in [2.45, 2.75) is 25.3 Å². The van der Waals surface area contributed by atoms with Crippen LogP contribution in [-0.4, -0.2) is 29.9 Å². The van der Waals surface area contributed by atoms with E-state index in [1.54, 1.807) is 0 Å². The minimum atomic E-state index is -0.0937. The van der Waals surface area contributed by atoms with E-state index in [1.807, 2.05) is 0 Å². The van der Waals surface area contributed by atoms with Crippen molar-refractivity contribution in [2.75, 3.05) is 13.1 Å². The Kier molecular flexibility index (Phi) is 1.48. The predicted molar refractivity (Wildman–Crippen MR) is 48.9 cm³/mol. The van der Waals surface area contributed by atoms with E-state index >= 15 is 0 Å². The molecule has 3 atom stereocenters. The molecule has 4 bridgehead atoms. The molecule has 0 aromatic rings. The molecule has 4 fully saturated rings. The van der Waals surface area contributed by atoms with Crippen molar-refractivity contribution in [3.05, 3.63) is 0 Å². The number of piperidine rings is 3. The number of carbonyl (C=O) groups excluding carboxylic acids is 1. The molecule has 1 saturated carbocycles. The van der Waals surface area contributed by atoms with Crippen LogP contribution in [0.5, 0.6) is 0 Å². The van der Waals surface area contributed by atoms with Crippen molar-refractivity contribution in [1.82, 2.24) is 4.90 Å². The van der Waals surface area contributed by atoms with Gasteiger partial charge in [-0.05, 0) is 37.0 Å². The van der Waals surface area contributed by atoms with Crippen molar-refractivity contribution < 1.29 is 4.79 Å². The highest BCUT2D eigenvalue weighted by Gasteiger charge is 2.48. The van der Waals surface area contributed by atoms with Crippen LogP contribution in [0.4, 0.5) is 0 Å². The van der Waals surface area contributed by atoms with Crippen LogP contribution < -0.4 is 5.73 Å². The Morgan fingerprint density at radius 2 is 1.77 bits per heavy atom. The van der Waals surface area contributed by atoms with E-state index in [0.29, 0.717) is 5.92 Å². The molecule has 3 aliphatic heterocycles. The van der Waals surface area contributed by atoms with Crippen LogP contribution in [0, 0.1) is 17.8 Å². The summed E-state index contributed by atoms with van der Waals surface area (Å²) in [6.45, 7) is 2.25. The summed E-state index contributed by atoms with van der Waals surface area (Å²) in [4.78, 5) is 13.6. The van der Waals surface area contributed by atoms with Crippen LogP contribution >= 0.6 is 0 Å². The zero-order valence-electron chi connectivity index (χ0n) is 7.78. The van der Waals surface area contributed by atoms with Gasteiger partial charge >= 0.3 is 0 Å². The lowest BCUT2D eigenvalue weighted by atomic mass is 9.65. The molecule has 1 aliphatic carbocycles. The van der Waals surface area contributed by atoms with Crippen LogP contribution in [0.25, 0.3) is 0 Å². The largest absolute Gasteiger partial charge is 0.368 e. The number of hydrogen-bond acceptors (Lipinski definition) is 2. The molecule has 3 unspecified atom stereocenters. The van der Waals surface area contributed by atoms with Gasteiger partial charge in [0, 0.05) is 13.1 Å². The number of primary amides is 1. The molecular weight excluding hydrogens is 164 g/mol. The fraction of sp³-hybridized carbons (Fsp3) is 0.900. The van der Waals surface area contributed by atoms with E-state index in [4.69, 9.17) is 5.73 Å². The van der Waals surface area contributed by atoms with Crippen molar-refractivity contribution >= 4 is 5.91 Å². The standard InChI is InChI=1S/C10H16N2O/c11-10(13)9-8-2-6-1-7(3-8)5-12(9)4-6/h6-9H,1-5H2,(H2,11,13). The Labute approximate surface area is 78.3 Å². The lowest BCUT2D eigenvalue weighted by molar-refractivity contribution is -0.137. The highest BCUT2D eigenvalue weighted by atomic mass is 16.1. The maximum atomic E-state index is 11.3. The maximum absolute atomic E-state index is 11.3. The van der Waals surface area contributed by atoms with Crippen LogP contribution in [0.3, 0.4) is 0 Å². The third-order valence-corrected chi connectivity index (χ3v) is 4.06. The quantitative estimate of drug-likeness (QED) is 0.626. The third kappa shape index (κ3) is 1.03. The Hall–Kier alpha value is -0.570. The Morgan fingerprint density at radius 3 is 2.23 bits per heavy atom. The third-order valence-electron chi connectivity index (χ3n) is 4.06. The molecule has 0 aromatic carbocycles. The SMILES string of the molecule is NC(=O)C1C2CC3CC(C2)CN1C3. The van der Waals surface area contributed by atoms with Crippen molar-refractivity contribution in [3.63, 3.8) is 0 Å². The highest BCUT2D eigenvalue weighted by molar-refractivity contribution is 5.80. The topological polar surface area (TPSA) is 46.3 Å². The maximum Gasteiger partial charge on any atom is 0.235 e. The molecule has 1 amide bonds. The normalized spacial score (nSPS) is 52.5. The van der Waals surface area contributed by atoms with Gasteiger partial charge in [0.15, 0.2) is 0 Å². The van der Waals surface area contributed by atoms with Gasteiger partial charge in [0.1, 0.15) is 0 Å². The van der Waals surface area contributed by atoms with Gasteiger partial charge in [0.2, 0.25) is 5.91 Å². The first-order valence-corrected chi connectivity index (χ1v) is 5.27. The number of rotatable bonds is 1. The van der Waals surface area contributed by atoms with Gasteiger partial charge in [0.05, 0.1) is 6.04 Å². The van der Waals surface area contributed by atoms with Gasteiger partial charge in [-0.2, -0.15) is 0 Å². The summed E-state index contributed by atoms with van der Waals surface area (Å²) in [5.41, 5.74) is 5.44. The van der Waals surface area contributed by atoms with Crippen molar-refractivity contribution in [1.29, 1.82) is 0 Å². The molecule has 4 aliphatic rings. The first-order valence-electron chi connectivity index (χ1n) is 5.27. The van der Waals surface area contributed by atoms with Crippen molar-refractivity contribution in [3.8, 4) is 0 Å². The molecule has 2 N–H and O–H groups in total. The van der Waals surface area contributed by atoms with Crippen LogP contribution in [0.1, 0.15) is 19.3 Å². The summed E-state index contributed by atoms with van der Waals surface area (Å²) in [5, 5.41) is 0. The van der Waals surface area contributed by atoms with Gasteiger partial charge < -0.3 is 5.73 Å². The smallest absolute Gasteiger partial charge is 0.235 e. The summed E-state index contributed by atoms with van der Waals surface area (Å²) in [6.07, 6.45) is 3.90. The number of carbonyl (C=O) groups is 1. The minimum absolute atomic E-state index is 0.0767. The molecule has 3 heteroatoms. The fourth-order valence-electron chi connectivity index (χ4n) is 3.85. The molecule has 72 valence electrons. The molecule has 3 saturated heterocycles. The van der Waals surface area contributed by atoms with E-state index < -0.39 is 0 Å². The molecule has 0 spiro atoms. The average molecular weight is 180 g/mol. The first-order chi connectivity index (χ1) is 6.24. The van der Waals surface area contributed by atoms with Gasteiger partial charge in [-0.1, -0.05) is 0 Å². The number of hydrogen-bond donors (Lipinski definition) is 1. The Balaban J connectivity index is 1.89. The van der Waals surface area contributed by atoms with Gasteiger partial charge in [-0.3, -0.25) is 9.69 Å². The summed E-state index contributed by atoms with van der Waals surface area (Å²) in [7, 11) is 0. The predicted octanol–water partition coefficient (Wildman–Crippen LogP) is 0.202. The van der Waals surface area contributed by atoms with Crippen molar-refractivity contribution in [2.24, 2.45) is 23.5 Å². The second-order valence-corrected chi connectivity index (χ2v) is 5.00. The van der Waals surface area contributed by atoms with E-state index in [0.717, 1.165) is 24.9 Å². The Morgan fingerprint density at radius 1 is 1.15 bits per heavy atom. The second-order valence-electron chi connectivity index (χ2n) is 5.00. The number of nitrogens with zero attached hydrogens (tertiary/aromatic N) is 1. The van der Waals surface area contributed by atoms with E-state index in [1.165, 1.54) is 19.3 Å². The lowest BCUT2D eigenvalue weighted by Gasteiger charge is -2.55. The lowest BCUT2D eigenvalue weighted by Crippen LogP contribution is -2.63. The first kappa shape index (κ1) is 7.80. The van der Waals surface area contributed by atoms with E-state index in [-0.39, 0.29) is 11.9 Å². The van der Waals surface area contributed by atoms with Gasteiger partial charge in [0.25, 0.3) is 0 Å². The zero-order chi connectivity index (χ0) is 9.00. The summed E-state index contributed by atoms with van der Waals surface area (Å²) in [5.74, 6) is 2.23. The monoisotopic (exact) mass is 180 g/mol. The van der Waals surface area contributed by atoms with E-state index in [2.05, 4.69) is 4.90 Å². The molecule has 0 aromatic heterocycles. The van der Waals surface area contributed by atoms with Gasteiger partial charge in [-0.25, -0.2) is 0 Å². The molecule has 13 heavy (non-hydrogen) atoms. The van der Waals surface area contributed by atoms with Crippen LogP contribution in [0.2, 0.25) is 0 Å².